The molecular formula is C20H23N5O2. The van der Waals surface area contributed by atoms with Gasteiger partial charge in [-0.3, -0.25) is 4.57 Å². The van der Waals surface area contributed by atoms with E-state index in [2.05, 4.69) is 15.3 Å². The molecule has 7 heteroatoms. The summed E-state index contributed by atoms with van der Waals surface area (Å²) in [6.07, 6.45) is 12.8. The van der Waals surface area contributed by atoms with Crippen LogP contribution in [0.5, 0.6) is 0 Å². The van der Waals surface area contributed by atoms with Gasteiger partial charge in [0.2, 0.25) is 0 Å². The molecule has 27 heavy (non-hydrogen) atoms. The van der Waals surface area contributed by atoms with Gasteiger partial charge >= 0.3 is 6.03 Å². The van der Waals surface area contributed by atoms with Crippen LogP contribution in [-0.2, 0) is 6.54 Å². The van der Waals surface area contributed by atoms with Crippen molar-refractivity contribution >= 4 is 6.03 Å². The number of urea groups is 1. The topological polar surface area (TPSA) is 76.2 Å². The zero-order valence-electron chi connectivity index (χ0n) is 15.1. The molecule has 0 aromatic carbocycles. The Balaban J connectivity index is 1.49. The number of imidazole rings is 1. The summed E-state index contributed by atoms with van der Waals surface area (Å²) in [6.45, 7) is 1.14. The summed E-state index contributed by atoms with van der Waals surface area (Å²) in [5.41, 5.74) is 0.938. The summed E-state index contributed by atoms with van der Waals surface area (Å²) in [4.78, 5) is 23.4. The van der Waals surface area contributed by atoms with E-state index in [9.17, 15) is 4.79 Å². The molecule has 1 aliphatic heterocycles. The van der Waals surface area contributed by atoms with Gasteiger partial charge < -0.3 is 14.6 Å². The van der Waals surface area contributed by atoms with E-state index in [1.807, 2.05) is 39.9 Å². The molecule has 0 saturated carbocycles. The highest BCUT2D eigenvalue weighted by Crippen LogP contribution is 2.30. The molecule has 2 amide bonds. The lowest BCUT2D eigenvalue weighted by Crippen LogP contribution is -2.42. The normalized spacial score (nSPS) is 17.5. The molecule has 0 bridgehead atoms. The first kappa shape index (κ1) is 17.3. The summed E-state index contributed by atoms with van der Waals surface area (Å²) in [5, 5.41) is 3.06. The standard InChI is InChI=1S/C20H23N5O2/c26-20(25-11-3-1-2-7-17(25)18-8-5-13-27-18)23-14-16-6-4-9-22-19(16)24-12-10-21-15-24/h4-6,8-10,12-13,15,17H,1-3,7,11,14H2,(H,23,26)/t17-/m1/s1. The minimum Gasteiger partial charge on any atom is -0.467 e. The molecule has 3 aromatic rings. The van der Waals surface area contributed by atoms with Gasteiger partial charge in [0.25, 0.3) is 0 Å². The Bertz CT molecular complexity index is 860. The van der Waals surface area contributed by atoms with Crippen LogP contribution in [0.4, 0.5) is 4.79 Å². The summed E-state index contributed by atoms with van der Waals surface area (Å²) in [7, 11) is 0. The summed E-state index contributed by atoms with van der Waals surface area (Å²) in [6, 6.07) is 7.59. The van der Waals surface area contributed by atoms with Crippen LogP contribution in [0.25, 0.3) is 5.82 Å². The Morgan fingerprint density at radius 1 is 1.22 bits per heavy atom. The van der Waals surface area contributed by atoms with Crippen molar-refractivity contribution in [2.24, 2.45) is 0 Å². The van der Waals surface area contributed by atoms with E-state index < -0.39 is 0 Å². The Morgan fingerprint density at radius 2 is 2.19 bits per heavy atom. The third-order valence-electron chi connectivity index (χ3n) is 4.93. The predicted molar refractivity (Wildman–Crippen MR) is 100 cm³/mol. The number of furan rings is 1. The molecule has 0 unspecified atom stereocenters. The molecular weight excluding hydrogens is 342 g/mol. The molecule has 4 rings (SSSR count). The molecule has 4 heterocycles. The van der Waals surface area contributed by atoms with Gasteiger partial charge in [-0.15, -0.1) is 0 Å². The molecule has 1 aliphatic rings. The number of aromatic nitrogens is 3. The lowest BCUT2D eigenvalue weighted by Gasteiger charge is -2.29. The molecule has 0 aliphatic carbocycles. The van der Waals surface area contributed by atoms with Crippen LogP contribution >= 0.6 is 0 Å². The van der Waals surface area contributed by atoms with Crippen molar-refractivity contribution in [1.29, 1.82) is 0 Å². The summed E-state index contributed by atoms with van der Waals surface area (Å²) in [5.74, 6) is 1.63. The number of carbonyl (C=O) groups is 1. The number of pyridine rings is 1. The quantitative estimate of drug-likeness (QED) is 0.765. The lowest BCUT2D eigenvalue weighted by atomic mass is 10.1. The molecule has 0 radical (unpaired) electrons. The van der Waals surface area contributed by atoms with Crippen LogP contribution in [0.1, 0.15) is 43.0 Å². The number of nitrogens with one attached hydrogen (secondary N) is 1. The first-order chi connectivity index (χ1) is 13.3. The molecule has 3 aromatic heterocycles. The largest absolute Gasteiger partial charge is 0.467 e. The fourth-order valence-electron chi connectivity index (χ4n) is 3.59. The number of carbonyl (C=O) groups excluding carboxylic acids is 1. The number of hydrogen-bond donors (Lipinski definition) is 1. The maximum atomic E-state index is 13.0. The second kappa shape index (κ2) is 8.07. The average Bonchev–Trinajstić information content (AvgIpc) is 3.37. The van der Waals surface area contributed by atoms with Crippen molar-refractivity contribution < 1.29 is 9.21 Å². The highest BCUT2D eigenvalue weighted by molar-refractivity contribution is 5.74. The third kappa shape index (κ3) is 3.86. The van der Waals surface area contributed by atoms with Crippen LogP contribution < -0.4 is 5.32 Å². The van der Waals surface area contributed by atoms with Crippen molar-refractivity contribution in [3.63, 3.8) is 0 Å². The van der Waals surface area contributed by atoms with Crippen molar-refractivity contribution in [3.8, 4) is 5.82 Å². The third-order valence-corrected chi connectivity index (χ3v) is 4.93. The molecule has 1 fully saturated rings. The molecule has 140 valence electrons. The zero-order chi connectivity index (χ0) is 18.5. The van der Waals surface area contributed by atoms with Gasteiger partial charge in [0, 0.05) is 37.2 Å². The van der Waals surface area contributed by atoms with Gasteiger partial charge in [-0.25, -0.2) is 14.8 Å². The van der Waals surface area contributed by atoms with Crippen LogP contribution in [0.3, 0.4) is 0 Å². The fourth-order valence-corrected chi connectivity index (χ4v) is 3.59. The van der Waals surface area contributed by atoms with Crippen molar-refractivity contribution in [2.75, 3.05) is 6.54 Å². The number of nitrogens with zero attached hydrogens (tertiary/aromatic N) is 4. The van der Waals surface area contributed by atoms with Crippen LogP contribution in [0.2, 0.25) is 0 Å². The summed E-state index contributed by atoms with van der Waals surface area (Å²) >= 11 is 0. The first-order valence-corrected chi connectivity index (χ1v) is 9.33. The van der Waals surface area contributed by atoms with E-state index in [0.717, 1.165) is 49.4 Å². The van der Waals surface area contributed by atoms with Crippen LogP contribution in [0.15, 0.2) is 59.9 Å². The monoisotopic (exact) mass is 365 g/mol. The number of hydrogen-bond acceptors (Lipinski definition) is 4. The number of amides is 2. The van der Waals surface area contributed by atoms with Crippen LogP contribution in [-0.4, -0.2) is 32.0 Å². The van der Waals surface area contributed by atoms with E-state index >= 15 is 0 Å². The molecule has 7 nitrogen and oxygen atoms in total. The summed E-state index contributed by atoms with van der Waals surface area (Å²) < 4.78 is 7.44. The van der Waals surface area contributed by atoms with Gasteiger partial charge in [-0.2, -0.15) is 0 Å². The van der Waals surface area contributed by atoms with E-state index in [4.69, 9.17) is 4.42 Å². The first-order valence-electron chi connectivity index (χ1n) is 9.33. The zero-order valence-corrected chi connectivity index (χ0v) is 15.1. The highest BCUT2D eigenvalue weighted by atomic mass is 16.3. The second-order valence-electron chi connectivity index (χ2n) is 6.69. The van der Waals surface area contributed by atoms with Crippen LogP contribution in [0, 0.1) is 0 Å². The Morgan fingerprint density at radius 3 is 3.00 bits per heavy atom. The average molecular weight is 365 g/mol. The van der Waals surface area contributed by atoms with Crippen molar-refractivity contribution in [2.45, 2.75) is 38.3 Å². The minimum atomic E-state index is -0.0706. The number of likely N-dealkylation sites (tertiary alicyclic amines) is 1. The highest BCUT2D eigenvalue weighted by Gasteiger charge is 2.28. The van der Waals surface area contributed by atoms with E-state index in [1.54, 1.807) is 25.0 Å². The fraction of sp³-hybridized carbons (Fsp3) is 0.350. The second-order valence-corrected chi connectivity index (χ2v) is 6.69. The molecule has 1 saturated heterocycles. The van der Waals surface area contributed by atoms with Gasteiger partial charge in [0.15, 0.2) is 0 Å². The maximum Gasteiger partial charge on any atom is 0.318 e. The Labute approximate surface area is 158 Å². The Hall–Kier alpha value is -3.09. The van der Waals surface area contributed by atoms with Gasteiger partial charge in [-0.1, -0.05) is 18.9 Å². The smallest absolute Gasteiger partial charge is 0.318 e. The van der Waals surface area contributed by atoms with Crippen molar-refractivity contribution in [1.82, 2.24) is 24.8 Å². The lowest BCUT2D eigenvalue weighted by molar-refractivity contribution is 0.166. The van der Waals surface area contributed by atoms with Gasteiger partial charge in [0.05, 0.1) is 12.3 Å². The molecule has 1 N–H and O–H groups in total. The number of rotatable bonds is 4. The van der Waals surface area contributed by atoms with E-state index in [-0.39, 0.29) is 12.1 Å². The molecule has 1 atom stereocenters. The molecule has 0 spiro atoms. The van der Waals surface area contributed by atoms with E-state index in [0.29, 0.717) is 6.54 Å². The Kier molecular flexibility index (Phi) is 5.18. The predicted octanol–water partition coefficient (Wildman–Crippen LogP) is 3.69. The minimum absolute atomic E-state index is 0.00971. The van der Waals surface area contributed by atoms with E-state index in [1.165, 1.54) is 0 Å². The SMILES string of the molecule is O=C(NCc1cccnc1-n1ccnc1)N1CCCCC[C@@H]1c1ccco1. The van der Waals surface area contributed by atoms with Crippen molar-refractivity contribution in [3.05, 3.63) is 66.8 Å². The van der Waals surface area contributed by atoms with Gasteiger partial charge in [-0.05, 0) is 31.0 Å². The van der Waals surface area contributed by atoms with Gasteiger partial charge in [0.1, 0.15) is 17.9 Å². The maximum absolute atomic E-state index is 13.0.